The molecule has 1 fully saturated rings. The van der Waals surface area contributed by atoms with Crippen LogP contribution in [0.1, 0.15) is 28.8 Å². The predicted octanol–water partition coefficient (Wildman–Crippen LogP) is 2.52. The van der Waals surface area contributed by atoms with Crippen molar-refractivity contribution >= 4 is 17.5 Å². The highest BCUT2D eigenvalue weighted by molar-refractivity contribution is 5.98. The third-order valence-corrected chi connectivity index (χ3v) is 5.13. The van der Waals surface area contributed by atoms with Crippen LogP contribution in [-0.2, 0) is 11.2 Å². The Bertz CT molecular complexity index is 791. The smallest absolute Gasteiger partial charge is 0.253 e. The van der Waals surface area contributed by atoms with Gasteiger partial charge >= 0.3 is 0 Å². The molecule has 1 atom stereocenters. The van der Waals surface area contributed by atoms with E-state index in [4.69, 9.17) is 0 Å². The average Bonchev–Trinajstić information content (AvgIpc) is 3.12. The monoisotopic (exact) mass is 335 g/mol. The number of fused-ring (bicyclic) bond motifs is 1. The van der Waals surface area contributed by atoms with E-state index in [1.165, 1.54) is 5.56 Å². The van der Waals surface area contributed by atoms with E-state index in [-0.39, 0.29) is 17.7 Å². The first-order chi connectivity index (χ1) is 12.2. The van der Waals surface area contributed by atoms with Crippen molar-refractivity contribution < 1.29 is 9.59 Å². The summed E-state index contributed by atoms with van der Waals surface area (Å²) in [6.07, 6.45) is 6.12. The van der Waals surface area contributed by atoms with Crippen molar-refractivity contribution in [3.63, 3.8) is 0 Å². The minimum absolute atomic E-state index is 0.0154. The summed E-state index contributed by atoms with van der Waals surface area (Å²) in [4.78, 5) is 33.5. The van der Waals surface area contributed by atoms with Crippen LogP contribution in [-0.4, -0.2) is 41.3 Å². The molecule has 0 saturated carbocycles. The minimum atomic E-state index is -0.132. The zero-order chi connectivity index (χ0) is 17.2. The Labute approximate surface area is 147 Å². The lowest BCUT2D eigenvalue weighted by Gasteiger charge is -2.34. The molecule has 128 valence electrons. The van der Waals surface area contributed by atoms with E-state index in [0.717, 1.165) is 31.5 Å². The molecular weight excluding hydrogens is 314 g/mol. The Hall–Kier alpha value is -2.69. The van der Waals surface area contributed by atoms with Gasteiger partial charge in [-0.3, -0.25) is 14.6 Å². The molecule has 1 aromatic heterocycles. The van der Waals surface area contributed by atoms with Gasteiger partial charge in [-0.15, -0.1) is 0 Å². The van der Waals surface area contributed by atoms with E-state index in [2.05, 4.69) is 4.98 Å². The summed E-state index contributed by atoms with van der Waals surface area (Å²) in [5.74, 6) is 0.00599. The molecule has 0 bridgehead atoms. The van der Waals surface area contributed by atoms with Gasteiger partial charge < -0.3 is 9.80 Å². The highest BCUT2D eigenvalue weighted by Gasteiger charge is 2.34. The molecule has 25 heavy (non-hydrogen) atoms. The van der Waals surface area contributed by atoms with Gasteiger partial charge in [0.25, 0.3) is 5.91 Å². The molecular formula is C20H21N3O2. The molecule has 0 spiro atoms. The number of anilines is 1. The summed E-state index contributed by atoms with van der Waals surface area (Å²) < 4.78 is 0. The summed E-state index contributed by atoms with van der Waals surface area (Å²) in [6, 6.07) is 11.3. The molecule has 2 aliphatic heterocycles. The molecule has 3 heterocycles. The second kappa shape index (κ2) is 6.67. The number of amides is 2. The zero-order valence-corrected chi connectivity index (χ0v) is 14.1. The minimum Gasteiger partial charge on any atom is -0.338 e. The molecule has 2 amide bonds. The number of likely N-dealkylation sites (tertiary alicyclic amines) is 1. The fourth-order valence-corrected chi connectivity index (χ4v) is 3.80. The topological polar surface area (TPSA) is 53.5 Å². The number of hydrogen-bond acceptors (Lipinski definition) is 3. The molecule has 5 nitrogen and oxygen atoms in total. The average molecular weight is 335 g/mol. The second-order valence-electron chi connectivity index (χ2n) is 6.70. The number of rotatable bonds is 2. The van der Waals surface area contributed by atoms with Crippen LogP contribution in [0.4, 0.5) is 5.69 Å². The number of carbonyl (C=O) groups excluding carboxylic acids is 2. The normalized spacial score (nSPS) is 19.6. The first kappa shape index (κ1) is 15.8. The largest absolute Gasteiger partial charge is 0.338 e. The Balaban J connectivity index is 1.48. The fraction of sp³-hybridized carbons (Fsp3) is 0.350. The van der Waals surface area contributed by atoms with Crippen molar-refractivity contribution in [3.05, 3.63) is 59.9 Å². The highest BCUT2D eigenvalue weighted by atomic mass is 16.2. The molecule has 1 aromatic carbocycles. The van der Waals surface area contributed by atoms with Gasteiger partial charge in [0.2, 0.25) is 5.91 Å². The molecule has 0 N–H and O–H groups in total. The summed E-state index contributed by atoms with van der Waals surface area (Å²) >= 11 is 0. The fourth-order valence-electron chi connectivity index (χ4n) is 3.80. The van der Waals surface area contributed by atoms with Gasteiger partial charge in [0, 0.05) is 31.4 Å². The van der Waals surface area contributed by atoms with Crippen LogP contribution in [0.5, 0.6) is 0 Å². The SMILES string of the molecule is O=C(c1ccccc1)N1CCC[C@H](C(=O)N2CCc3ccncc32)C1. The van der Waals surface area contributed by atoms with Crippen molar-refractivity contribution in [2.75, 3.05) is 24.5 Å². The summed E-state index contributed by atoms with van der Waals surface area (Å²) in [7, 11) is 0. The summed E-state index contributed by atoms with van der Waals surface area (Å²) in [5.41, 5.74) is 2.79. The number of hydrogen-bond donors (Lipinski definition) is 0. The first-order valence-corrected chi connectivity index (χ1v) is 8.82. The van der Waals surface area contributed by atoms with Gasteiger partial charge in [-0.1, -0.05) is 18.2 Å². The van der Waals surface area contributed by atoms with Crippen molar-refractivity contribution in [2.45, 2.75) is 19.3 Å². The van der Waals surface area contributed by atoms with Crippen molar-refractivity contribution in [3.8, 4) is 0 Å². The van der Waals surface area contributed by atoms with Crippen molar-refractivity contribution in [1.29, 1.82) is 0 Å². The number of nitrogens with zero attached hydrogens (tertiary/aromatic N) is 3. The molecule has 2 aromatic rings. The molecule has 0 radical (unpaired) electrons. The maximum Gasteiger partial charge on any atom is 0.253 e. The molecule has 1 saturated heterocycles. The van der Waals surface area contributed by atoms with Crippen LogP contribution >= 0.6 is 0 Å². The quantitative estimate of drug-likeness (QED) is 0.847. The lowest BCUT2D eigenvalue weighted by Crippen LogP contribution is -2.46. The number of pyridine rings is 1. The Morgan fingerprint density at radius 3 is 2.76 bits per heavy atom. The van der Waals surface area contributed by atoms with Gasteiger partial charge in [-0.25, -0.2) is 0 Å². The third-order valence-electron chi connectivity index (χ3n) is 5.13. The second-order valence-corrected chi connectivity index (χ2v) is 6.70. The number of carbonyl (C=O) groups is 2. The molecule has 0 aliphatic carbocycles. The Morgan fingerprint density at radius 2 is 1.92 bits per heavy atom. The van der Waals surface area contributed by atoms with Gasteiger partial charge in [0.1, 0.15) is 0 Å². The van der Waals surface area contributed by atoms with Gasteiger partial charge in [-0.05, 0) is 43.0 Å². The molecule has 4 rings (SSSR count). The Kier molecular flexibility index (Phi) is 4.22. The summed E-state index contributed by atoms with van der Waals surface area (Å²) in [5, 5.41) is 0. The maximum atomic E-state index is 13.0. The molecule has 0 unspecified atom stereocenters. The predicted molar refractivity (Wildman–Crippen MR) is 95.4 cm³/mol. The van der Waals surface area contributed by atoms with Gasteiger partial charge in [0.15, 0.2) is 0 Å². The van der Waals surface area contributed by atoms with E-state index < -0.39 is 0 Å². The van der Waals surface area contributed by atoms with E-state index in [1.807, 2.05) is 46.2 Å². The maximum absolute atomic E-state index is 13.0. The van der Waals surface area contributed by atoms with Crippen LogP contribution in [0, 0.1) is 5.92 Å². The number of piperidine rings is 1. The lowest BCUT2D eigenvalue weighted by molar-refractivity contribution is -0.123. The van der Waals surface area contributed by atoms with E-state index in [1.54, 1.807) is 12.4 Å². The van der Waals surface area contributed by atoms with Crippen LogP contribution in [0.2, 0.25) is 0 Å². The number of benzene rings is 1. The number of aromatic nitrogens is 1. The molecule has 5 heteroatoms. The first-order valence-electron chi connectivity index (χ1n) is 8.82. The standard InChI is InChI=1S/C20H21N3O2/c24-19(16-5-2-1-3-6-16)22-11-4-7-17(14-22)20(25)23-12-9-15-8-10-21-13-18(15)23/h1-3,5-6,8,10,13,17H,4,7,9,11-12,14H2/t17-/m0/s1. The highest BCUT2D eigenvalue weighted by Crippen LogP contribution is 2.30. The molecule has 2 aliphatic rings. The zero-order valence-electron chi connectivity index (χ0n) is 14.1. The van der Waals surface area contributed by atoms with Crippen LogP contribution in [0.3, 0.4) is 0 Å². The Morgan fingerprint density at radius 1 is 1.08 bits per heavy atom. The van der Waals surface area contributed by atoms with Crippen molar-refractivity contribution in [2.24, 2.45) is 5.92 Å². The van der Waals surface area contributed by atoms with Gasteiger partial charge in [-0.2, -0.15) is 0 Å². The summed E-state index contributed by atoms with van der Waals surface area (Å²) in [6.45, 7) is 1.93. The van der Waals surface area contributed by atoms with Crippen LogP contribution in [0.25, 0.3) is 0 Å². The van der Waals surface area contributed by atoms with Crippen LogP contribution in [0.15, 0.2) is 48.8 Å². The third kappa shape index (κ3) is 3.02. The van der Waals surface area contributed by atoms with Gasteiger partial charge in [0.05, 0.1) is 17.8 Å². The van der Waals surface area contributed by atoms with E-state index >= 15 is 0 Å². The lowest BCUT2D eigenvalue weighted by atomic mass is 9.95. The van der Waals surface area contributed by atoms with E-state index in [9.17, 15) is 9.59 Å². The van der Waals surface area contributed by atoms with E-state index in [0.29, 0.717) is 18.7 Å². The van der Waals surface area contributed by atoms with Crippen molar-refractivity contribution in [1.82, 2.24) is 9.88 Å². The van der Waals surface area contributed by atoms with Crippen LogP contribution < -0.4 is 4.90 Å².